The van der Waals surface area contributed by atoms with Gasteiger partial charge in [0.05, 0.1) is 16.1 Å². The standard InChI is InChI=1S/C30H24ClNO5/c1-15-3-2-4-24(31)27(15)28-23(29(37-32-28)16-5-6-16)14-35-18-8-9-19-20-13-21(20)22-11-17(30(33)34)7-10-25(22)36-26(19)12-18/h2-4,7-12,16,20-21H,5-6,13-14H2,1H3,(H,33,34). The Hall–Kier alpha value is -3.77. The van der Waals surface area contributed by atoms with Crippen LogP contribution in [0, 0.1) is 6.92 Å². The first-order valence-electron chi connectivity index (χ1n) is 12.5. The van der Waals surface area contributed by atoms with Crippen LogP contribution in [-0.2, 0) is 6.61 Å². The first-order valence-corrected chi connectivity index (χ1v) is 12.9. The molecule has 2 heterocycles. The van der Waals surface area contributed by atoms with Crippen molar-refractivity contribution in [1.82, 2.24) is 5.16 Å². The van der Waals surface area contributed by atoms with Crippen molar-refractivity contribution in [3.8, 4) is 28.5 Å². The smallest absolute Gasteiger partial charge is 0.335 e. The van der Waals surface area contributed by atoms with Gasteiger partial charge in [-0.3, -0.25) is 0 Å². The largest absolute Gasteiger partial charge is 0.489 e. The lowest BCUT2D eigenvalue weighted by molar-refractivity contribution is 0.0696. The van der Waals surface area contributed by atoms with Gasteiger partial charge in [-0.2, -0.15) is 0 Å². The summed E-state index contributed by atoms with van der Waals surface area (Å²) in [6.45, 7) is 2.32. The third kappa shape index (κ3) is 3.87. The van der Waals surface area contributed by atoms with E-state index in [0.717, 1.165) is 64.3 Å². The Morgan fingerprint density at radius 3 is 2.70 bits per heavy atom. The predicted octanol–water partition coefficient (Wildman–Crippen LogP) is 7.83. The van der Waals surface area contributed by atoms with E-state index in [-0.39, 0.29) is 11.5 Å². The molecule has 0 saturated heterocycles. The zero-order valence-corrected chi connectivity index (χ0v) is 20.9. The second kappa shape index (κ2) is 8.38. The van der Waals surface area contributed by atoms with Gasteiger partial charge in [-0.25, -0.2) is 4.79 Å². The lowest BCUT2D eigenvalue weighted by Gasteiger charge is -2.14. The van der Waals surface area contributed by atoms with E-state index in [0.29, 0.717) is 35.0 Å². The zero-order valence-electron chi connectivity index (χ0n) is 20.2. The number of benzene rings is 3. The second-order valence-electron chi connectivity index (χ2n) is 10.2. The molecule has 3 aromatic carbocycles. The van der Waals surface area contributed by atoms with Gasteiger partial charge in [-0.05, 0) is 85.0 Å². The second-order valence-corrected chi connectivity index (χ2v) is 10.6. The van der Waals surface area contributed by atoms with Crippen LogP contribution in [0.5, 0.6) is 17.2 Å². The van der Waals surface area contributed by atoms with E-state index in [1.165, 1.54) is 0 Å². The number of aryl methyl sites for hydroxylation is 1. The average molecular weight is 514 g/mol. The highest BCUT2D eigenvalue weighted by molar-refractivity contribution is 6.33. The molecular weight excluding hydrogens is 490 g/mol. The number of carbonyl (C=O) groups is 1. The molecular formula is C30H24ClNO5. The van der Waals surface area contributed by atoms with Crippen molar-refractivity contribution in [2.45, 2.75) is 50.5 Å². The Balaban J connectivity index is 1.19. The van der Waals surface area contributed by atoms with E-state index in [1.807, 2.05) is 37.3 Å². The molecule has 186 valence electrons. The molecule has 37 heavy (non-hydrogen) atoms. The summed E-state index contributed by atoms with van der Waals surface area (Å²) in [5.74, 6) is 3.07. The number of hydrogen-bond donors (Lipinski definition) is 1. The summed E-state index contributed by atoms with van der Waals surface area (Å²) in [5.41, 5.74) is 5.95. The van der Waals surface area contributed by atoms with E-state index in [1.54, 1.807) is 18.2 Å². The van der Waals surface area contributed by atoms with Crippen LogP contribution in [0.2, 0.25) is 5.02 Å². The molecule has 2 saturated carbocycles. The highest BCUT2D eigenvalue weighted by Gasteiger charge is 2.45. The molecule has 3 aliphatic rings. The van der Waals surface area contributed by atoms with Crippen molar-refractivity contribution < 1.29 is 23.9 Å². The fourth-order valence-electron chi connectivity index (χ4n) is 5.48. The number of aromatic carboxylic acids is 1. The summed E-state index contributed by atoms with van der Waals surface area (Å²) in [6, 6.07) is 16.9. The molecule has 7 rings (SSSR count). The average Bonchev–Trinajstić information content (AvgIpc) is 3.80. The molecule has 1 aliphatic heterocycles. The Bertz CT molecular complexity index is 1550. The van der Waals surface area contributed by atoms with Gasteiger partial charge < -0.3 is 19.1 Å². The minimum Gasteiger partial charge on any atom is -0.489 e. The molecule has 2 fully saturated rings. The topological polar surface area (TPSA) is 81.8 Å². The quantitative estimate of drug-likeness (QED) is 0.283. The fourth-order valence-corrected chi connectivity index (χ4v) is 5.79. The summed E-state index contributed by atoms with van der Waals surface area (Å²) in [5, 5.41) is 14.5. The summed E-state index contributed by atoms with van der Waals surface area (Å²) in [4.78, 5) is 11.5. The van der Waals surface area contributed by atoms with Crippen LogP contribution >= 0.6 is 11.6 Å². The number of carboxylic acids is 1. The van der Waals surface area contributed by atoms with Gasteiger partial charge in [-0.1, -0.05) is 35.0 Å². The summed E-state index contributed by atoms with van der Waals surface area (Å²) in [6.07, 6.45) is 3.15. The van der Waals surface area contributed by atoms with Gasteiger partial charge in [0, 0.05) is 17.5 Å². The Morgan fingerprint density at radius 2 is 1.92 bits per heavy atom. The Morgan fingerprint density at radius 1 is 1.08 bits per heavy atom. The minimum atomic E-state index is -0.928. The van der Waals surface area contributed by atoms with Crippen molar-refractivity contribution in [2.75, 3.05) is 0 Å². The molecule has 0 spiro atoms. The van der Waals surface area contributed by atoms with Gasteiger partial charge in [0.15, 0.2) is 0 Å². The number of nitrogens with zero attached hydrogens (tertiary/aromatic N) is 1. The summed E-state index contributed by atoms with van der Waals surface area (Å²) >= 11 is 6.57. The van der Waals surface area contributed by atoms with E-state index >= 15 is 0 Å². The number of fused-ring (bicyclic) bond motifs is 5. The van der Waals surface area contributed by atoms with Crippen molar-refractivity contribution in [3.05, 3.63) is 93.2 Å². The number of aromatic nitrogens is 1. The molecule has 0 bridgehead atoms. The fraction of sp³-hybridized carbons (Fsp3) is 0.267. The highest BCUT2D eigenvalue weighted by Crippen LogP contribution is 2.61. The van der Waals surface area contributed by atoms with Crippen LogP contribution in [0.3, 0.4) is 0 Å². The number of hydrogen-bond acceptors (Lipinski definition) is 5. The normalized spacial score (nSPS) is 19.2. The number of ether oxygens (including phenoxy) is 2. The van der Waals surface area contributed by atoms with Crippen molar-refractivity contribution in [2.24, 2.45) is 0 Å². The molecule has 0 radical (unpaired) electrons. The third-order valence-corrected chi connectivity index (χ3v) is 7.97. The maximum absolute atomic E-state index is 11.5. The molecule has 2 atom stereocenters. The lowest BCUT2D eigenvalue weighted by Crippen LogP contribution is -2.01. The van der Waals surface area contributed by atoms with Gasteiger partial charge in [-0.15, -0.1) is 0 Å². The minimum absolute atomic E-state index is 0.279. The van der Waals surface area contributed by atoms with Crippen LogP contribution in [0.25, 0.3) is 11.3 Å². The molecule has 4 aromatic rings. The molecule has 1 aromatic heterocycles. The summed E-state index contributed by atoms with van der Waals surface area (Å²) in [7, 11) is 0. The van der Waals surface area contributed by atoms with Crippen LogP contribution in [0.15, 0.2) is 59.1 Å². The zero-order chi connectivity index (χ0) is 25.3. The Labute approximate surface area is 218 Å². The van der Waals surface area contributed by atoms with Crippen LogP contribution in [0.4, 0.5) is 0 Å². The number of halogens is 1. The monoisotopic (exact) mass is 513 g/mol. The molecule has 2 aliphatic carbocycles. The van der Waals surface area contributed by atoms with Crippen LogP contribution < -0.4 is 9.47 Å². The third-order valence-electron chi connectivity index (χ3n) is 7.66. The van der Waals surface area contributed by atoms with Crippen LogP contribution in [0.1, 0.15) is 75.4 Å². The number of rotatable bonds is 6. The maximum Gasteiger partial charge on any atom is 0.335 e. The highest BCUT2D eigenvalue weighted by atomic mass is 35.5. The van der Waals surface area contributed by atoms with Gasteiger partial charge in [0.25, 0.3) is 0 Å². The predicted molar refractivity (Wildman–Crippen MR) is 138 cm³/mol. The molecule has 0 amide bonds. The van der Waals surface area contributed by atoms with Gasteiger partial charge in [0.2, 0.25) is 0 Å². The van der Waals surface area contributed by atoms with E-state index < -0.39 is 5.97 Å². The number of carboxylic acid groups (broad SMARTS) is 1. The maximum atomic E-state index is 11.5. The van der Waals surface area contributed by atoms with E-state index in [2.05, 4.69) is 11.2 Å². The molecule has 7 heteroatoms. The van der Waals surface area contributed by atoms with Crippen molar-refractivity contribution in [3.63, 3.8) is 0 Å². The van der Waals surface area contributed by atoms with Crippen molar-refractivity contribution in [1.29, 1.82) is 0 Å². The van der Waals surface area contributed by atoms with Gasteiger partial charge in [0.1, 0.15) is 35.3 Å². The van der Waals surface area contributed by atoms with Crippen molar-refractivity contribution >= 4 is 17.6 Å². The lowest BCUT2D eigenvalue weighted by atomic mass is 10.0. The molecule has 2 unspecified atom stereocenters. The van der Waals surface area contributed by atoms with Crippen LogP contribution in [-0.4, -0.2) is 16.2 Å². The van der Waals surface area contributed by atoms with Gasteiger partial charge >= 0.3 is 5.97 Å². The van der Waals surface area contributed by atoms with E-state index in [9.17, 15) is 9.90 Å². The molecule has 1 N–H and O–H groups in total. The Kier molecular flexibility index (Phi) is 5.08. The SMILES string of the molecule is Cc1cccc(Cl)c1-c1noc(C2CC2)c1COc1ccc2c(c1)Oc1ccc(C(=O)O)cc1C1CC21. The van der Waals surface area contributed by atoms with E-state index in [4.69, 9.17) is 25.6 Å². The molecule has 6 nitrogen and oxygen atoms in total. The summed E-state index contributed by atoms with van der Waals surface area (Å²) < 4.78 is 18.4. The first kappa shape index (κ1) is 22.4. The first-order chi connectivity index (χ1) is 18.0.